The van der Waals surface area contributed by atoms with Gasteiger partial charge in [-0.2, -0.15) is 0 Å². The van der Waals surface area contributed by atoms with Crippen LogP contribution < -0.4 is 5.32 Å². The Kier molecular flexibility index (Phi) is 7.15. The highest BCUT2D eigenvalue weighted by atomic mass is 16.3. The summed E-state index contributed by atoms with van der Waals surface area (Å²) >= 11 is 0. The lowest BCUT2D eigenvalue weighted by Gasteiger charge is -2.01. The molecule has 0 fully saturated rings. The molecular formula is C8H17NO2. The minimum atomic E-state index is 0.0273. The molecule has 0 aromatic rings. The van der Waals surface area contributed by atoms with E-state index in [0.717, 1.165) is 19.3 Å². The fraction of sp³-hybridized carbons (Fsp3) is 0.875. The maximum atomic E-state index is 10.9. The molecule has 0 heterocycles. The van der Waals surface area contributed by atoms with E-state index in [1.807, 2.05) is 0 Å². The van der Waals surface area contributed by atoms with E-state index < -0.39 is 0 Å². The highest BCUT2D eigenvalue weighted by molar-refractivity contribution is 5.75. The van der Waals surface area contributed by atoms with E-state index in [9.17, 15) is 4.79 Å². The monoisotopic (exact) mass is 159 g/mol. The molecule has 0 saturated carbocycles. The zero-order valence-electron chi connectivity index (χ0n) is 7.10. The van der Waals surface area contributed by atoms with Crippen molar-refractivity contribution in [3.05, 3.63) is 0 Å². The Morgan fingerprint density at radius 3 is 2.73 bits per heavy atom. The second-order valence-corrected chi connectivity index (χ2v) is 2.53. The van der Waals surface area contributed by atoms with Gasteiger partial charge in [0.05, 0.1) is 6.61 Å². The summed E-state index contributed by atoms with van der Waals surface area (Å²) in [6, 6.07) is 0. The van der Waals surface area contributed by atoms with E-state index >= 15 is 0 Å². The smallest absolute Gasteiger partial charge is 0.220 e. The molecule has 0 radical (unpaired) electrons. The number of carbonyl (C=O) groups is 1. The lowest BCUT2D eigenvalue weighted by Crippen LogP contribution is -2.25. The summed E-state index contributed by atoms with van der Waals surface area (Å²) in [5.41, 5.74) is 0. The molecule has 0 bridgehead atoms. The number of aliphatic hydroxyl groups is 1. The largest absolute Gasteiger partial charge is 0.395 e. The van der Waals surface area contributed by atoms with Crippen molar-refractivity contribution < 1.29 is 9.90 Å². The third-order valence-corrected chi connectivity index (χ3v) is 1.44. The number of nitrogens with one attached hydrogen (secondary N) is 1. The number of unbranched alkanes of at least 4 members (excludes halogenated alkanes) is 2. The molecule has 0 saturated heterocycles. The normalized spacial score (nSPS) is 9.64. The minimum Gasteiger partial charge on any atom is -0.395 e. The second-order valence-electron chi connectivity index (χ2n) is 2.53. The number of amides is 1. The maximum Gasteiger partial charge on any atom is 0.220 e. The van der Waals surface area contributed by atoms with Crippen LogP contribution >= 0.6 is 0 Å². The van der Waals surface area contributed by atoms with Gasteiger partial charge in [-0.05, 0) is 6.42 Å². The van der Waals surface area contributed by atoms with Crippen molar-refractivity contribution in [3.63, 3.8) is 0 Å². The van der Waals surface area contributed by atoms with Crippen molar-refractivity contribution in [1.29, 1.82) is 0 Å². The first-order valence-electron chi connectivity index (χ1n) is 4.18. The number of carbonyl (C=O) groups excluding carboxylic acids is 1. The van der Waals surface area contributed by atoms with Gasteiger partial charge < -0.3 is 10.4 Å². The molecule has 0 spiro atoms. The summed E-state index contributed by atoms with van der Waals surface area (Å²) in [5.74, 6) is 0.0486. The summed E-state index contributed by atoms with van der Waals surface area (Å²) in [6.07, 6.45) is 3.78. The zero-order chi connectivity index (χ0) is 8.53. The summed E-state index contributed by atoms with van der Waals surface area (Å²) in [7, 11) is 0. The Morgan fingerprint density at radius 2 is 2.18 bits per heavy atom. The van der Waals surface area contributed by atoms with Gasteiger partial charge in [0.1, 0.15) is 0 Å². The van der Waals surface area contributed by atoms with Crippen molar-refractivity contribution in [1.82, 2.24) is 5.32 Å². The molecule has 0 rings (SSSR count). The second kappa shape index (κ2) is 7.54. The van der Waals surface area contributed by atoms with Crippen LogP contribution in [0.25, 0.3) is 0 Å². The zero-order valence-corrected chi connectivity index (χ0v) is 7.10. The van der Waals surface area contributed by atoms with Crippen molar-refractivity contribution in [2.45, 2.75) is 32.6 Å². The molecule has 0 aromatic carbocycles. The Hall–Kier alpha value is -0.570. The lowest BCUT2D eigenvalue weighted by atomic mass is 10.2. The van der Waals surface area contributed by atoms with Gasteiger partial charge in [0.2, 0.25) is 5.91 Å². The summed E-state index contributed by atoms with van der Waals surface area (Å²) in [6.45, 7) is 2.51. The SMILES string of the molecule is CCCCCC(=O)NCCO. The van der Waals surface area contributed by atoms with Gasteiger partial charge in [-0.1, -0.05) is 19.8 Å². The highest BCUT2D eigenvalue weighted by Crippen LogP contribution is 1.97. The van der Waals surface area contributed by atoms with Crippen LogP contribution in [0.1, 0.15) is 32.6 Å². The van der Waals surface area contributed by atoms with Crippen molar-refractivity contribution in [2.24, 2.45) is 0 Å². The molecule has 1 amide bonds. The molecule has 66 valence electrons. The van der Waals surface area contributed by atoms with Gasteiger partial charge in [-0.3, -0.25) is 4.79 Å². The molecule has 0 aliphatic heterocycles. The lowest BCUT2D eigenvalue weighted by molar-refractivity contribution is -0.121. The molecule has 0 atom stereocenters. The number of aliphatic hydroxyl groups excluding tert-OH is 1. The van der Waals surface area contributed by atoms with Crippen LogP contribution in [-0.2, 0) is 4.79 Å². The summed E-state index contributed by atoms with van der Waals surface area (Å²) in [4.78, 5) is 10.9. The number of rotatable bonds is 6. The van der Waals surface area contributed by atoms with Crippen molar-refractivity contribution >= 4 is 5.91 Å². The van der Waals surface area contributed by atoms with Gasteiger partial charge in [-0.25, -0.2) is 0 Å². The molecule has 11 heavy (non-hydrogen) atoms. The molecule has 3 nitrogen and oxygen atoms in total. The first-order valence-corrected chi connectivity index (χ1v) is 4.18. The standard InChI is InChI=1S/C8H17NO2/c1-2-3-4-5-8(11)9-6-7-10/h10H,2-7H2,1H3,(H,9,11). The number of hydrogen-bond donors (Lipinski definition) is 2. The van der Waals surface area contributed by atoms with Crippen LogP contribution in [0.4, 0.5) is 0 Å². The van der Waals surface area contributed by atoms with E-state index in [4.69, 9.17) is 5.11 Å². The molecular weight excluding hydrogens is 142 g/mol. The molecule has 0 aliphatic rings. The number of hydrogen-bond acceptors (Lipinski definition) is 2. The van der Waals surface area contributed by atoms with Crippen LogP contribution in [0, 0.1) is 0 Å². The van der Waals surface area contributed by atoms with E-state index in [-0.39, 0.29) is 12.5 Å². The summed E-state index contributed by atoms with van der Waals surface area (Å²) in [5, 5.41) is 11.0. The molecule has 0 aromatic heterocycles. The Bertz CT molecular complexity index is 104. The van der Waals surface area contributed by atoms with Crippen molar-refractivity contribution in [2.75, 3.05) is 13.2 Å². The highest BCUT2D eigenvalue weighted by Gasteiger charge is 1.97. The predicted molar refractivity (Wildman–Crippen MR) is 44.2 cm³/mol. The maximum absolute atomic E-state index is 10.9. The Balaban J connectivity index is 3.09. The molecule has 0 aliphatic carbocycles. The van der Waals surface area contributed by atoms with Crippen LogP contribution in [0.3, 0.4) is 0 Å². The van der Waals surface area contributed by atoms with Gasteiger partial charge in [0.25, 0.3) is 0 Å². The van der Waals surface area contributed by atoms with Gasteiger partial charge in [-0.15, -0.1) is 0 Å². The van der Waals surface area contributed by atoms with Gasteiger partial charge >= 0.3 is 0 Å². The quantitative estimate of drug-likeness (QED) is 0.560. The summed E-state index contributed by atoms with van der Waals surface area (Å²) < 4.78 is 0. The fourth-order valence-electron chi connectivity index (χ4n) is 0.819. The van der Waals surface area contributed by atoms with E-state index in [1.54, 1.807) is 0 Å². The van der Waals surface area contributed by atoms with Crippen LogP contribution in [0.15, 0.2) is 0 Å². The topological polar surface area (TPSA) is 49.3 Å². The third-order valence-electron chi connectivity index (χ3n) is 1.44. The predicted octanol–water partition coefficient (Wildman–Crippen LogP) is 0.675. The molecule has 0 unspecified atom stereocenters. The van der Waals surface area contributed by atoms with Crippen molar-refractivity contribution in [3.8, 4) is 0 Å². The van der Waals surface area contributed by atoms with Crippen LogP contribution in [0.2, 0.25) is 0 Å². The van der Waals surface area contributed by atoms with Gasteiger partial charge in [0.15, 0.2) is 0 Å². The molecule has 2 N–H and O–H groups in total. The first kappa shape index (κ1) is 10.4. The van der Waals surface area contributed by atoms with Crippen LogP contribution in [0.5, 0.6) is 0 Å². The Morgan fingerprint density at radius 1 is 1.45 bits per heavy atom. The van der Waals surface area contributed by atoms with Crippen LogP contribution in [-0.4, -0.2) is 24.2 Å². The average Bonchev–Trinajstić information content (AvgIpc) is 2.01. The first-order chi connectivity index (χ1) is 5.31. The average molecular weight is 159 g/mol. The molecule has 3 heteroatoms. The third kappa shape index (κ3) is 7.33. The fourth-order valence-corrected chi connectivity index (χ4v) is 0.819. The van der Waals surface area contributed by atoms with E-state index in [1.165, 1.54) is 0 Å². The van der Waals surface area contributed by atoms with E-state index in [0.29, 0.717) is 13.0 Å². The minimum absolute atomic E-state index is 0.0273. The Labute approximate surface area is 67.8 Å². The van der Waals surface area contributed by atoms with Gasteiger partial charge in [0, 0.05) is 13.0 Å². The van der Waals surface area contributed by atoms with E-state index in [2.05, 4.69) is 12.2 Å².